The molecule has 0 spiro atoms. The van der Waals surface area contributed by atoms with E-state index in [4.69, 9.17) is 4.84 Å². The first-order valence-corrected chi connectivity index (χ1v) is 7.68. The molecule has 6 heteroatoms. The van der Waals surface area contributed by atoms with Crippen molar-refractivity contribution in [1.29, 1.82) is 0 Å². The maximum Gasteiger partial charge on any atom is 0.321 e. The number of rotatable bonds is 4. The van der Waals surface area contributed by atoms with Gasteiger partial charge in [0.2, 0.25) is 0 Å². The lowest BCUT2D eigenvalue weighted by molar-refractivity contribution is 0.0672. The first-order chi connectivity index (χ1) is 11.6. The van der Waals surface area contributed by atoms with Gasteiger partial charge in [0.1, 0.15) is 5.82 Å². The number of oxime groups is 1. The zero-order valence-corrected chi connectivity index (χ0v) is 13.3. The minimum atomic E-state index is -0.467. The summed E-state index contributed by atoms with van der Waals surface area (Å²) < 4.78 is 13.6. The predicted molar refractivity (Wildman–Crippen MR) is 90.5 cm³/mol. The highest BCUT2D eigenvalue weighted by molar-refractivity contribution is 6.01. The molecule has 0 fully saturated rings. The first kappa shape index (κ1) is 16.0. The molecule has 2 aromatic rings. The van der Waals surface area contributed by atoms with Crippen molar-refractivity contribution < 1.29 is 14.0 Å². The van der Waals surface area contributed by atoms with E-state index in [1.165, 1.54) is 17.0 Å². The maximum atomic E-state index is 13.6. The van der Waals surface area contributed by atoms with E-state index in [1.54, 1.807) is 19.2 Å². The molecule has 2 aromatic carbocycles. The number of urea groups is 1. The SMILES string of the molecule is CN(C[C@H]1CC(c2ccccc2)=NO1)C(=O)Nc1ccccc1F. The molecule has 0 aromatic heterocycles. The van der Waals surface area contributed by atoms with Crippen molar-refractivity contribution in [3.8, 4) is 0 Å². The van der Waals surface area contributed by atoms with Gasteiger partial charge in [-0.05, 0) is 17.7 Å². The molecule has 1 aliphatic heterocycles. The zero-order chi connectivity index (χ0) is 16.9. The average Bonchev–Trinajstić information content (AvgIpc) is 3.06. The summed E-state index contributed by atoms with van der Waals surface area (Å²) in [6.45, 7) is 0.361. The van der Waals surface area contributed by atoms with Crippen LogP contribution in [0, 0.1) is 5.82 Å². The molecular weight excluding hydrogens is 309 g/mol. The molecule has 1 atom stereocenters. The monoisotopic (exact) mass is 327 g/mol. The fourth-order valence-corrected chi connectivity index (χ4v) is 2.49. The number of likely N-dealkylation sites (N-methyl/N-ethyl adjacent to an activating group) is 1. The molecule has 5 nitrogen and oxygen atoms in total. The molecule has 0 saturated heterocycles. The summed E-state index contributed by atoms with van der Waals surface area (Å²) in [6.07, 6.45) is 0.415. The van der Waals surface area contributed by atoms with Crippen molar-refractivity contribution in [3.05, 3.63) is 66.0 Å². The molecule has 1 heterocycles. The van der Waals surface area contributed by atoms with Crippen LogP contribution in [0.4, 0.5) is 14.9 Å². The number of para-hydroxylation sites is 1. The van der Waals surface area contributed by atoms with Crippen LogP contribution in [-0.2, 0) is 4.84 Å². The first-order valence-electron chi connectivity index (χ1n) is 7.68. The van der Waals surface area contributed by atoms with Gasteiger partial charge in [-0.1, -0.05) is 47.6 Å². The lowest BCUT2D eigenvalue weighted by Gasteiger charge is -2.20. The molecule has 0 bridgehead atoms. The number of amides is 2. The Bertz CT molecular complexity index is 749. The number of hydrogen-bond acceptors (Lipinski definition) is 3. The van der Waals surface area contributed by atoms with Crippen LogP contribution in [0.3, 0.4) is 0 Å². The van der Waals surface area contributed by atoms with Crippen molar-refractivity contribution in [3.63, 3.8) is 0 Å². The normalized spacial score (nSPS) is 16.2. The van der Waals surface area contributed by atoms with Gasteiger partial charge in [0, 0.05) is 13.5 Å². The van der Waals surface area contributed by atoms with Gasteiger partial charge in [-0.25, -0.2) is 9.18 Å². The van der Waals surface area contributed by atoms with Gasteiger partial charge in [0.05, 0.1) is 17.9 Å². The minimum absolute atomic E-state index is 0.155. The van der Waals surface area contributed by atoms with Crippen LogP contribution < -0.4 is 5.32 Å². The van der Waals surface area contributed by atoms with Crippen LogP contribution in [0.2, 0.25) is 0 Å². The van der Waals surface area contributed by atoms with E-state index in [9.17, 15) is 9.18 Å². The fourth-order valence-electron chi connectivity index (χ4n) is 2.49. The van der Waals surface area contributed by atoms with Crippen LogP contribution >= 0.6 is 0 Å². The number of carbonyl (C=O) groups excluding carboxylic acids is 1. The Morgan fingerprint density at radius 1 is 1.25 bits per heavy atom. The second-order valence-electron chi connectivity index (χ2n) is 5.63. The van der Waals surface area contributed by atoms with Crippen LogP contribution in [0.1, 0.15) is 12.0 Å². The molecule has 2 amide bonds. The molecule has 0 saturated carbocycles. The molecule has 0 radical (unpaired) electrons. The molecule has 124 valence electrons. The van der Waals surface area contributed by atoms with Gasteiger partial charge in [0.25, 0.3) is 0 Å². The van der Waals surface area contributed by atoms with E-state index in [0.29, 0.717) is 13.0 Å². The van der Waals surface area contributed by atoms with Crippen molar-refractivity contribution in [1.82, 2.24) is 4.90 Å². The van der Waals surface area contributed by atoms with Gasteiger partial charge in [-0.2, -0.15) is 0 Å². The second-order valence-corrected chi connectivity index (χ2v) is 5.63. The van der Waals surface area contributed by atoms with Gasteiger partial charge in [0.15, 0.2) is 6.10 Å². The lowest BCUT2D eigenvalue weighted by Crippen LogP contribution is -2.37. The third-order valence-corrected chi connectivity index (χ3v) is 3.78. The summed E-state index contributed by atoms with van der Waals surface area (Å²) in [5.74, 6) is -0.467. The summed E-state index contributed by atoms with van der Waals surface area (Å²) in [4.78, 5) is 19.0. The van der Waals surface area contributed by atoms with Crippen LogP contribution in [-0.4, -0.2) is 36.3 Å². The van der Waals surface area contributed by atoms with Crippen molar-refractivity contribution in [2.75, 3.05) is 18.9 Å². The predicted octanol–water partition coefficient (Wildman–Crippen LogP) is 3.48. The smallest absolute Gasteiger partial charge is 0.321 e. The molecule has 3 rings (SSSR count). The van der Waals surface area contributed by atoms with Crippen molar-refractivity contribution in [2.45, 2.75) is 12.5 Å². The topological polar surface area (TPSA) is 53.9 Å². The number of nitrogens with zero attached hydrogens (tertiary/aromatic N) is 2. The Balaban J connectivity index is 1.54. The van der Waals surface area contributed by atoms with Gasteiger partial charge >= 0.3 is 6.03 Å². The third kappa shape index (κ3) is 3.71. The Kier molecular flexibility index (Phi) is 4.74. The highest BCUT2D eigenvalue weighted by atomic mass is 19.1. The Morgan fingerprint density at radius 3 is 2.71 bits per heavy atom. The summed E-state index contributed by atoms with van der Waals surface area (Å²) in [5, 5.41) is 6.64. The second kappa shape index (κ2) is 7.12. The van der Waals surface area contributed by atoms with E-state index in [1.807, 2.05) is 30.3 Å². The molecule has 0 unspecified atom stereocenters. The Labute approximate surface area is 139 Å². The van der Waals surface area contributed by atoms with Crippen molar-refractivity contribution in [2.24, 2.45) is 5.16 Å². The highest BCUT2D eigenvalue weighted by Crippen LogP contribution is 2.18. The molecule has 1 aliphatic rings. The number of halogens is 1. The number of carbonyl (C=O) groups is 1. The van der Waals surface area contributed by atoms with Crippen molar-refractivity contribution >= 4 is 17.4 Å². The summed E-state index contributed by atoms with van der Waals surface area (Å²) in [5.41, 5.74) is 2.03. The van der Waals surface area contributed by atoms with E-state index in [2.05, 4.69) is 10.5 Å². The van der Waals surface area contributed by atoms with E-state index < -0.39 is 11.8 Å². The minimum Gasteiger partial charge on any atom is -0.390 e. The number of hydrogen-bond donors (Lipinski definition) is 1. The summed E-state index contributed by atoms with van der Waals surface area (Å²) in [6, 6.07) is 15.4. The van der Waals surface area contributed by atoms with Gasteiger partial charge < -0.3 is 15.1 Å². The Hall–Kier alpha value is -2.89. The van der Waals surface area contributed by atoms with Gasteiger partial charge in [-0.15, -0.1) is 0 Å². The molecule has 24 heavy (non-hydrogen) atoms. The highest BCUT2D eigenvalue weighted by Gasteiger charge is 2.25. The zero-order valence-electron chi connectivity index (χ0n) is 13.3. The molecular formula is C18H18FN3O2. The Morgan fingerprint density at radius 2 is 1.96 bits per heavy atom. The van der Waals surface area contributed by atoms with E-state index in [0.717, 1.165) is 11.3 Å². The van der Waals surface area contributed by atoms with E-state index in [-0.39, 0.29) is 11.8 Å². The van der Waals surface area contributed by atoms with Crippen LogP contribution in [0.5, 0.6) is 0 Å². The number of anilines is 1. The fraction of sp³-hybridized carbons (Fsp3) is 0.222. The molecule has 1 N–H and O–H groups in total. The summed E-state index contributed by atoms with van der Waals surface area (Å²) in [7, 11) is 1.64. The average molecular weight is 327 g/mol. The third-order valence-electron chi connectivity index (χ3n) is 3.78. The van der Waals surface area contributed by atoms with Crippen LogP contribution in [0.15, 0.2) is 59.8 Å². The van der Waals surface area contributed by atoms with Gasteiger partial charge in [-0.3, -0.25) is 0 Å². The maximum absolute atomic E-state index is 13.6. The summed E-state index contributed by atoms with van der Waals surface area (Å²) >= 11 is 0. The standard InChI is InChI=1S/C18H18FN3O2/c1-22(18(23)20-16-10-6-5-9-15(16)19)12-14-11-17(21-24-14)13-7-3-2-4-8-13/h2-10,14H,11-12H2,1H3,(H,20,23)/t14-/m1/s1. The largest absolute Gasteiger partial charge is 0.390 e. The lowest BCUT2D eigenvalue weighted by atomic mass is 10.1. The van der Waals surface area contributed by atoms with Crippen LogP contribution in [0.25, 0.3) is 0 Å². The quantitative estimate of drug-likeness (QED) is 0.935. The number of benzene rings is 2. The van der Waals surface area contributed by atoms with E-state index >= 15 is 0 Å². The molecule has 0 aliphatic carbocycles. The number of nitrogens with one attached hydrogen (secondary N) is 1.